The number of methoxy groups -OCH3 is 2. The highest BCUT2D eigenvalue weighted by molar-refractivity contribution is 9.10. The molecule has 1 fully saturated rings. The molecule has 2 rings (SSSR count). The smallest absolute Gasteiger partial charge is 0.244 e. The van der Waals surface area contributed by atoms with Crippen molar-refractivity contribution in [2.24, 2.45) is 11.7 Å². The minimum absolute atomic E-state index is 0.0708. The zero-order chi connectivity index (χ0) is 16.5. The Balaban J connectivity index is 2.46. The van der Waals surface area contributed by atoms with E-state index in [4.69, 9.17) is 15.2 Å². The lowest BCUT2D eigenvalue weighted by Crippen LogP contribution is -2.34. The van der Waals surface area contributed by atoms with Crippen molar-refractivity contribution in [3.05, 3.63) is 16.6 Å². The molecule has 0 amide bonds. The number of hydrogen-bond acceptors (Lipinski definition) is 5. The fraction of sp³-hybridized carbons (Fsp3) is 0.571. The first kappa shape index (κ1) is 17.5. The van der Waals surface area contributed by atoms with Crippen LogP contribution >= 0.6 is 15.9 Å². The highest BCUT2D eigenvalue weighted by atomic mass is 79.9. The van der Waals surface area contributed by atoms with E-state index in [9.17, 15) is 8.42 Å². The number of halogens is 1. The van der Waals surface area contributed by atoms with Crippen LogP contribution < -0.4 is 15.2 Å². The SMILES string of the molecule is COc1cc(Br)c(S(=O)(=O)N2CC(CN)CC2C)cc1OC. The predicted octanol–water partition coefficient (Wildman–Crippen LogP) is 1.82. The fourth-order valence-corrected chi connectivity index (χ4v) is 5.49. The standard InChI is InChI=1S/C14H21BrN2O4S/c1-9-4-10(7-16)8-17(9)22(18,19)14-6-13(21-3)12(20-2)5-11(14)15/h5-6,9-10H,4,7-8,16H2,1-3H3. The van der Waals surface area contributed by atoms with Gasteiger partial charge in [-0.1, -0.05) is 0 Å². The first-order chi connectivity index (χ1) is 10.3. The minimum atomic E-state index is -3.62. The van der Waals surface area contributed by atoms with Crippen LogP contribution in [0.2, 0.25) is 0 Å². The maximum absolute atomic E-state index is 13.0. The van der Waals surface area contributed by atoms with E-state index in [1.807, 2.05) is 6.92 Å². The summed E-state index contributed by atoms with van der Waals surface area (Å²) in [7, 11) is -0.640. The zero-order valence-corrected chi connectivity index (χ0v) is 15.3. The molecule has 2 N–H and O–H groups in total. The molecule has 2 atom stereocenters. The topological polar surface area (TPSA) is 81.9 Å². The number of sulfonamides is 1. The van der Waals surface area contributed by atoms with Crippen molar-refractivity contribution < 1.29 is 17.9 Å². The monoisotopic (exact) mass is 392 g/mol. The first-order valence-electron chi connectivity index (χ1n) is 6.98. The Morgan fingerprint density at radius 3 is 2.41 bits per heavy atom. The van der Waals surface area contributed by atoms with Gasteiger partial charge in [-0.3, -0.25) is 0 Å². The molecule has 1 aromatic carbocycles. The summed E-state index contributed by atoms with van der Waals surface area (Å²) in [6, 6.07) is 3.02. The summed E-state index contributed by atoms with van der Waals surface area (Å²) in [5.74, 6) is 1.05. The number of rotatable bonds is 5. The summed E-state index contributed by atoms with van der Waals surface area (Å²) in [5, 5.41) is 0. The van der Waals surface area contributed by atoms with Crippen molar-refractivity contribution in [3.8, 4) is 11.5 Å². The van der Waals surface area contributed by atoms with Crippen LogP contribution in [0.15, 0.2) is 21.5 Å². The third-order valence-electron chi connectivity index (χ3n) is 3.96. The maximum atomic E-state index is 13.0. The molecule has 0 spiro atoms. The van der Waals surface area contributed by atoms with Crippen molar-refractivity contribution in [1.82, 2.24) is 4.31 Å². The van der Waals surface area contributed by atoms with Crippen molar-refractivity contribution in [1.29, 1.82) is 0 Å². The molecule has 1 saturated heterocycles. The van der Waals surface area contributed by atoms with Gasteiger partial charge >= 0.3 is 0 Å². The van der Waals surface area contributed by atoms with Crippen LogP contribution in [-0.2, 0) is 10.0 Å². The molecule has 124 valence electrons. The quantitative estimate of drug-likeness (QED) is 0.826. The Kier molecular flexibility index (Phi) is 5.37. The summed E-state index contributed by atoms with van der Waals surface area (Å²) >= 11 is 3.32. The van der Waals surface area contributed by atoms with E-state index in [1.165, 1.54) is 24.6 Å². The molecule has 1 aliphatic heterocycles. The molecular formula is C14H21BrN2O4S. The molecule has 2 unspecified atom stereocenters. The molecule has 0 saturated carbocycles. The second-order valence-electron chi connectivity index (χ2n) is 5.40. The lowest BCUT2D eigenvalue weighted by molar-refractivity contribution is 0.353. The normalized spacial score (nSPS) is 22.8. The highest BCUT2D eigenvalue weighted by Crippen LogP contribution is 2.38. The first-order valence-corrected chi connectivity index (χ1v) is 9.21. The van der Waals surface area contributed by atoms with Gasteiger partial charge in [0.25, 0.3) is 0 Å². The Hall–Kier alpha value is -0.830. The molecular weight excluding hydrogens is 372 g/mol. The van der Waals surface area contributed by atoms with Gasteiger partial charge in [-0.15, -0.1) is 0 Å². The summed E-state index contributed by atoms with van der Waals surface area (Å²) in [4.78, 5) is 0.176. The molecule has 22 heavy (non-hydrogen) atoms. The van der Waals surface area contributed by atoms with Crippen molar-refractivity contribution in [2.75, 3.05) is 27.3 Å². The average Bonchev–Trinajstić information content (AvgIpc) is 2.88. The lowest BCUT2D eigenvalue weighted by Gasteiger charge is -2.22. The Bertz CT molecular complexity index is 650. The van der Waals surface area contributed by atoms with Gasteiger partial charge in [0.1, 0.15) is 4.90 Å². The van der Waals surface area contributed by atoms with E-state index in [1.54, 1.807) is 6.07 Å². The van der Waals surface area contributed by atoms with Gasteiger partial charge < -0.3 is 15.2 Å². The Morgan fingerprint density at radius 1 is 1.32 bits per heavy atom. The molecule has 0 aliphatic carbocycles. The molecule has 0 bridgehead atoms. The summed E-state index contributed by atoms with van der Waals surface area (Å²) < 4.78 is 38.3. The molecule has 8 heteroatoms. The third-order valence-corrected chi connectivity index (χ3v) is 6.90. The largest absolute Gasteiger partial charge is 0.493 e. The maximum Gasteiger partial charge on any atom is 0.244 e. The van der Waals surface area contributed by atoms with Gasteiger partial charge in [0.15, 0.2) is 11.5 Å². The fourth-order valence-electron chi connectivity index (χ4n) is 2.77. The average molecular weight is 393 g/mol. The van der Waals surface area contributed by atoms with E-state index in [0.717, 1.165) is 6.42 Å². The minimum Gasteiger partial charge on any atom is -0.493 e. The Labute approximate surface area is 139 Å². The van der Waals surface area contributed by atoms with Crippen LogP contribution in [0.3, 0.4) is 0 Å². The van der Waals surface area contributed by atoms with Crippen LogP contribution in [0.4, 0.5) is 0 Å². The van der Waals surface area contributed by atoms with E-state index in [0.29, 0.717) is 29.1 Å². The van der Waals surface area contributed by atoms with Gasteiger partial charge in [-0.05, 0) is 47.8 Å². The zero-order valence-electron chi connectivity index (χ0n) is 12.9. The number of benzene rings is 1. The second-order valence-corrected chi connectivity index (χ2v) is 8.11. The number of hydrogen-bond donors (Lipinski definition) is 1. The molecule has 6 nitrogen and oxygen atoms in total. The van der Waals surface area contributed by atoms with Gasteiger partial charge in [0.05, 0.1) is 14.2 Å². The summed E-state index contributed by atoms with van der Waals surface area (Å²) in [5.41, 5.74) is 5.69. The number of nitrogens with zero attached hydrogens (tertiary/aromatic N) is 1. The summed E-state index contributed by atoms with van der Waals surface area (Å²) in [6.07, 6.45) is 0.778. The molecule has 1 heterocycles. The highest BCUT2D eigenvalue weighted by Gasteiger charge is 2.38. The lowest BCUT2D eigenvalue weighted by atomic mass is 10.1. The number of nitrogens with two attached hydrogens (primary N) is 1. The van der Waals surface area contributed by atoms with Crippen LogP contribution in [0.5, 0.6) is 11.5 Å². The third kappa shape index (κ3) is 3.10. The van der Waals surface area contributed by atoms with Crippen molar-refractivity contribution in [2.45, 2.75) is 24.3 Å². The van der Waals surface area contributed by atoms with E-state index >= 15 is 0 Å². The van der Waals surface area contributed by atoms with E-state index in [-0.39, 0.29) is 16.9 Å². The summed E-state index contributed by atoms with van der Waals surface area (Å²) in [6.45, 7) is 2.84. The second kappa shape index (κ2) is 6.74. The molecule has 1 aromatic rings. The van der Waals surface area contributed by atoms with Gasteiger partial charge in [0, 0.05) is 23.1 Å². The van der Waals surface area contributed by atoms with Crippen LogP contribution in [-0.4, -0.2) is 46.1 Å². The van der Waals surface area contributed by atoms with Gasteiger partial charge in [-0.2, -0.15) is 4.31 Å². The predicted molar refractivity (Wildman–Crippen MR) is 87.8 cm³/mol. The van der Waals surface area contributed by atoms with Crippen LogP contribution in [0.25, 0.3) is 0 Å². The van der Waals surface area contributed by atoms with Gasteiger partial charge in [-0.25, -0.2) is 8.42 Å². The van der Waals surface area contributed by atoms with Crippen molar-refractivity contribution >= 4 is 26.0 Å². The van der Waals surface area contributed by atoms with Crippen LogP contribution in [0.1, 0.15) is 13.3 Å². The van der Waals surface area contributed by atoms with Crippen LogP contribution in [0, 0.1) is 5.92 Å². The van der Waals surface area contributed by atoms with Gasteiger partial charge in [0.2, 0.25) is 10.0 Å². The molecule has 0 radical (unpaired) electrons. The van der Waals surface area contributed by atoms with E-state index < -0.39 is 10.0 Å². The molecule has 0 aromatic heterocycles. The Morgan fingerprint density at radius 2 is 1.91 bits per heavy atom. The molecule has 1 aliphatic rings. The van der Waals surface area contributed by atoms with Crippen molar-refractivity contribution in [3.63, 3.8) is 0 Å². The van der Waals surface area contributed by atoms with E-state index in [2.05, 4.69) is 15.9 Å². The number of ether oxygens (including phenoxy) is 2.